The number of fused-ring (bicyclic) bond motifs is 1. The van der Waals surface area contributed by atoms with Gasteiger partial charge in [0.05, 0.1) is 6.08 Å². The van der Waals surface area contributed by atoms with Crippen molar-refractivity contribution in [2.24, 2.45) is 5.10 Å². The normalized spacial score (nSPS) is 27.3. The molecule has 0 aromatic rings. The molecule has 0 aliphatic carbocycles. The van der Waals surface area contributed by atoms with Crippen molar-refractivity contribution in [2.45, 2.75) is 6.29 Å². The quantitative estimate of drug-likeness (QED) is 0.403. The maximum absolute atomic E-state index is 10.7. The molecule has 0 bridgehead atoms. The first-order valence-electron chi connectivity index (χ1n) is 3.05. The van der Waals surface area contributed by atoms with E-state index >= 15 is 0 Å². The van der Waals surface area contributed by atoms with Gasteiger partial charge >= 0.3 is 0 Å². The lowest BCUT2D eigenvalue weighted by atomic mass is 10.4. The van der Waals surface area contributed by atoms with Gasteiger partial charge in [0.2, 0.25) is 12.2 Å². The van der Waals surface area contributed by atoms with E-state index in [4.69, 9.17) is 5.11 Å². The van der Waals surface area contributed by atoms with Crippen LogP contribution in [0.25, 0.3) is 0 Å². The molecule has 6 nitrogen and oxygen atoms in total. The molecule has 58 valence electrons. The molecular formula is C5H6N4O2. The molecular weight excluding hydrogens is 148 g/mol. The smallest absolute Gasteiger partial charge is 0.252 e. The Labute approximate surface area is 62.2 Å². The minimum absolute atomic E-state index is 0.104. The lowest BCUT2D eigenvalue weighted by Gasteiger charge is -2.26. The highest BCUT2D eigenvalue weighted by Gasteiger charge is 2.28. The van der Waals surface area contributed by atoms with Gasteiger partial charge < -0.3 is 10.4 Å². The number of nitrogens with zero attached hydrogens (tertiary/aromatic N) is 2. The van der Waals surface area contributed by atoms with Crippen molar-refractivity contribution in [1.29, 1.82) is 0 Å². The van der Waals surface area contributed by atoms with Crippen LogP contribution in [0.3, 0.4) is 0 Å². The van der Waals surface area contributed by atoms with Crippen molar-refractivity contribution in [3.63, 3.8) is 0 Å². The fourth-order valence-electron chi connectivity index (χ4n) is 0.956. The summed E-state index contributed by atoms with van der Waals surface area (Å²) in [7, 11) is 0. The number of hydrogen-bond acceptors (Lipinski definition) is 5. The van der Waals surface area contributed by atoms with Gasteiger partial charge in [-0.1, -0.05) is 0 Å². The SMILES string of the molecule is O=C1C=C(O)N2C=NN[C@@H]2N1. The monoisotopic (exact) mass is 154 g/mol. The Morgan fingerprint density at radius 2 is 2.55 bits per heavy atom. The van der Waals surface area contributed by atoms with Crippen LogP contribution in [0.4, 0.5) is 0 Å². The van der Waals surface area contributed by atoms with Crippen LogP contribution in [0.1, 0.15) is 0 Å². The number of carbonyl (C=O) groups excluding carboxylic acids is 1. The van der Waals surface area contributed by atoms with Gasteiger partial charge in [0.25, 0.3) is 5.91 Å². The topological polar surface area (TPSA) is 77.0 Å². The first kappa shape index (κ1) is 6.02. The predicted octanol–water partition coefficient (Wildman–Crippen LogP) is -1.35. The highest BCUT2D eigenvalue weighted by atomic mass is 16.3. The molecule has 0 saturated heterocycles. The molecule has 1 amide bonds. The molecule has 6 heteroatoms. The summed E-state index contributed by atoms with van der Waals surface area (Å²) in [6, 6.07) is 0. The van der Waals surface area contributed by atoms with Gasteiger partial charge in [0.15, 0.2) is 0 Å². The van der Waals surface area contributed by atoms with E-state index in [1.54, 1.807) is 0 Å². The molecule has 3 N–H and O–H groups in total. The van der Waals surface area contributed by atoms with Crippen molar-refractivity contribution in [1.82, 2.24) is 15.6 Å². The number of hydrogen-bond donors (Lipinski definition) is 3. The molecule has 11 heavy (non-hydrogen) atoms. The molecule has 0 unspecified atom stereocenters. The van der Waals surface area contributed by atoms with Gasteiger partial charge in [-0.15, -0.1) is 0 Å². The molecule has 2 aliphatic heterocycles. The molecule has 0 spiro atoms. The largest absolute Gasteiger partial charge is 0.494 e. The zero-order chi connectivity index (χ0) is 7.84. The van der Waals surface area contributed by atoms with E-state index < -0.39 is 6.29 Å². The Morgan fingerprint density at radius 3 is 3.36 bits per heavy atom. The number of aliphatic hydroxyl groups excluding tert-OH is 1. The molecule has 2 aliphatic rings. The Kier molecular flexibility index (Phi) is 1.03. The van der Waals surface area contributed by atoms with Crippen LogP contribution >= 0.6 is 0 Å². The van der Waals surface area contributed by atoms with Crippen molar-refractivity contribution in [3.8, 4) is 0 Å². The zero-order valence-electron chi connectivity index (χ0n) is 5.48. The summed E-state index contributed by atoms with van der Waals surface area (Å²) in [5.41, 5.74) is 2.58. The summed E-state index contributed by atoms with van der Waals surface area (Å²) in [5, 5.41) is 15.3. The first-order valence-corrected chi connectivity index (χ1v) is 3.05. The highest BCUT2D eigenvalue weighted by molar-refractivity contribution is 5.90. The summed E-state index contributed by atoms with van der Waals surface area (Å²) in [6.07, 6.45) is 2.05. The molecule has 2 rings (SSSR count). The maximum Gasteiger partial charge on any atom is 0.252 e. The standard InChI is InChI=1S/C5H6N4O2/c10-3-1-4(11)9-2-6-8-5(9)7-3/h1-2,5,8,11H,(H,7,10)/t5-/m0/s1. The average molecular weight is 154 g/mol. The molecule has 2 heterocycles. The summed E-state index contributed by atoms with van der Waals surface area (Å²) in [6.45, 7) is 0. The third-order valence-electron chi connectivity index (χ3n) is 1.46. The van der Waals surface area contributed by atoms with Crippen molar-refractivity contribution in [2.75, 3.05) is 0 Å². The summed E-state index contributed by atoms with van der Waals surface area (Å²) < 4.78 is 0. The first-order chi connectivity index (χ1) is 5.27. The molecule has 0 saturated carbocycles. The lowest BCUT2D eigenvalue weighted by Crippen LogP contribution is -2.53. The van der Waals surface area contributed by atoms with Gasteiger partial charge in [-0.2, -0.15) is 5.10 Å². The second-order valence-corrected chi connectivity index (χ2v) is 2.19. The second kappa shape index (κ2) is 1.88. The number of hydrazone groups is 1. The van der Waals surface area contributed by atoms with E-state index in [0.29, 0.717) is 0 Å². The van der Waals surface area contributed by atoms with E-state index in [2.05, 4.69) is 15.8 Å². The number of aliphatic hydroxyl groups is 1. The Balaban J connectivity index is 2.30. The van der Waals surface area contributed by atoms with Crippen LogP contribution in [0.2, 0.25) is 0 Å². The van der Waals surface area contributed by atoms with Gasteiger partial charge in [-0.25, -0.2) is 0 Å². The molecule has 0 aromatic carbocycles. The Bertz CT molecular complexity index is 259. The van der Waals surface area contributed by atoms with Crippen LogP contribution in [-0.4, -0.2) is 28.5 Å². The fourth-order valence-corrected chi connectivity index (χ4v) is 0.956. The van der Waals surface area contributed by atoms with Gasteiger partial charge in [0.1, 0.15) is 6.34 Å². The Hall–Kier alpha value is -1.72. The third kappa shape index (κ3) is 0.794. The van der Waals surface area contributed by atoms with Crippen LogP contribution in [0.15, 0.2) is 17.1 Å². The number of carbonyl (C=O) groups is 1. The minimum Gasteiger partial charge on any atom is -0.494 e. The zero-order valence-corrected chi connectivity index (χ0v) is 5.48. The van der Waals surface area contributed by atoms with E-state index in [9.17, 15) is 4.79 Å². The summed E-state index contributed by atoms with van der Waals surface area (Å²) in [4.78, 5) is 12.2. The lowest BCUT2D eigenvalue weighted by molar-refractivity contribution is -0.119. The van der Waals surface area contributed by atoms with Crippen LogP contribution in [0, 0.1) is 0 Å². The molecule has 0 fully saturated rings. The van der Waals surface area contributed by atoms with Gasteiger partial charge in [0, 0.05) is 0 Å². The Morgan fingerprint density at radius 1 is 1.73 bits per heavy atom. The number of nitrogens with one attached hydrogen (secondary N) is 2. The molecule has 0 aromatic heterocycles. The van der Waals surface area contributed by atoms with Gasteiger partial charge in [-0.05, 0) is 0 Å². The maximum atomic E-state index is 10.7. The van der Waals surface area contributed by atoms with Gasteiger partial charge in [-0.3, -0.25) is 15.1 Å². The molecule has 0 radical (unpaired) electrons. The van der Waals surface area contributed by atoms with E-state index in [-0.39, 0.29) is 11.8 Å². The van der Waals surface area contributed by atoms with Crippen LogP contribution < -0.4 is 10.7 Å². The van der Waals surface area contributed by atoms with Crippen LogP contribution in [0.5, 0.6) is 0 Å². The number of amides is 1. The molecule has 1 atom stereocenters. The van der Waals surface area contributed by atoms with E-state index in [1.165, 1.54) is 11.2 Å². The van der Waals surface area contributed by atoms with E-state index in [0.717, 1.165) is 6.08 Å². The summed E-state index contributed by atoms with van der Waals surface area (Å²) >= 11 is 0. The third-order valence-corrected chi connectivity index (χ3v) is 1.46. The fraction of sp³-hybridized carbons (Fsp3) is 0.200. The highest BCUT2D eigenvalue weighted by Crippen LogP contribution is 2.08. The van der Waals surface area contributed by atoms with E-state index in [1.807, 2.05) is 0 Å². The predicted molar refractivity (Wildman–Crippen MR) is 36.1 cm³/mol. The summed E-state index contributed by atoms with van der Waals surface area (Å²) in [5.74, 6) is -0.436. The number of rotatable bonds is 0. The van der Waals surface area contributed by atoms with Crippen LogP contribution in [-0.2, 0) is 4.79 Å². The minimum atomic E-state index is -0.438. The van der Waals surface area contributed by atoms with Crippen molar-refractivity contribution >= 4 is 12.2 Å². The average Bonchev–Trinajstić information content (AvgIpc) is 2.34. The second-order valence-electron chi connectivity index (χ2n) is 2.19. The van der Waals surface area contributed by atoms with Crippen molar-refractivity contribution in [3.05, 3.63) is 12.0 Å². The van der Waals surface area contributed by atoms with Crippen molar-refractivity contribution < 1.29 is 9.90 Å².